The van der Waals surface area contributed by atoms with E-state index in [-0.39, 0.29) is 6.10 Å². The number of hydrogen-bond acceptors (Lipinski definition) is 2. The van der Waals surface area contributed by atoms with Gasteiger partial charge in [0, 0.05) is 10.6 Å². The molecule has 24 heavy (non-hydrogen) atoms. The van der Waals surface area contributed by atoms with Crippen LogP contribution >= 0.6 is 23.4 Å². The Morgan fingerprint density at radius 1 is 0.750 bits per heavy atom. The maximum absolute atomic E-state index is 8.63. The highest BCUT2D eigenvalue weighted by Crippen LogP contribution is 2.14. The van der Waals surface area contributed by atoms with Crippen LogP contribution in [0.25, 0.3) is 0 Å². The molecule has 3 heteroatoms. The Kier molecular flexibility index (Phi) is 29.1. The Morgan fingerprint density at radius 2 is 1.00 bits per heavy atom. The van der Waals surface area contributed by atoms with E-state index in [2.05, 4.69) is 61.6 Å². The summed E-state index contributed by atoms with van der Waals surface area (Å²) < 4.78 is 0. The highest BCUT2D eigenvalue weighted by atomic mass is 35.5. The quantitative estimate of drug-likeness (QED) is 0.489. The first-order valence-electron chi connectivity index (χ1n) is 9.59. The number of aliphatic hydroxyl groups is 1. The second-order valence-electron chi connectivity index (χ2n) is 7.89. The summed E-state index contributed by atoms with van der Waals surface area (Å²) in [7, 11) is 0. The van der Waals surface area contributed by atoms with Crippen LogP contribution in [0, 0.1) is 23.7 Å². The van der Waals surface area contributed by atoms with E-state index in [4.69, 9.17) is 16.7 Å². The molecule has 1 nitrogen and oxygen atoms in total. The summed E-state index contributed by atoms with van der Waals surface area (Å²) in [6, 6.07) is 0. The van der Waals surface area contributed by atoms with Crippen molar-refractivity contribution in [1.29, 1.82) is 0 Å². The van der Waals surface area contributed by atoms with Gasteiger partial charge in [0.2, 0.25) is 0 Å². The van der Waals surface area contributed by atoms with Crippen molar-refractivity contribution in [3.05, 3.63) is 0 Å². The molecule has 0 saturated heterocycles. The van der Waals surface area contributed by atoms with Crippen LogP contribution in [-0.4, -0.2) is 28.1 Å². The maximum Gasteiger partial charge on any atom is 0.0535 e. The Morgan fingerprint density at radius 3 is 1.00 bits per heavy atom. The molecule has 3 atom stereocenters. The van der Waals surface area contributed by atoms with Gasteiger partial charge in [-0.05, 0) is 43.8 Å². The van der Waals surface area contributed by atoms with Gasteiger partial charge in [-0.2, -0.15) is 11.8 Å². The van der Waals surface area contributed by atoms with Crippen LogP contribution in [-0.2, 0) is 0 Å². The Balaban J connectivity index is -0.000000112. The standard InChI is InChI=1S/C6H14S.C5H11Cl.C5H12O.C5H12/c1-5(2)6(3)7-4;2*1-4(2)5(3)6;1-4-5(2)3/h5-6H,1-4H3;4-5H,1-3H3;4-6H,1-3H3;5H,4H2,1-3H3. The summed E-state index contributed by atoms with van der Waals surface area (Å²) in [5.41, 5.74) is 0. The van der Waals surface area contributed by atoms with Crippen LogP contribution in [0.4, 0.5) is 0 Å². The number of rotatable bonds is 5. The van der Waals surface area contributed by atoms with E-state index in [1.165, 1.54) is 6.42 Å². The lowest BCUT2D eigenvalue weighted by molar-refractivity contribution is 0.144. The predicted octanol–water partition coefficient (Wildman–Crippen LogP) is 7.74. The largest absolute Gasteiger partial charge is 0.393 e. The van der Waals surface area contributed by atoms with E-state index in [0.717, 1.165) is 17.1 Å². The van der Waals surface area contributed by atoms with Crippen molar-refractivity contribution in [2.45, 2.75) is 106 Å². The first kappa shape index (κ1) is 32.3. The molecule has 0 bridgehead atoms. The van der Waals surface area contributed by atoms with Gasteiger partial charge in [0.05, 0.1) is 6.10 Å². The van der Waals surface area contributed by atoms with Gasteiger partial charge in [0.25, 0.3) is 0 Å². The van der Waals surface area contributed by atoms with Crippen molar-refractivity contribution in [2.24, 2.45) is 23.7 Å². The monoisotopic (exact) mass is 384 g/mol. The third-order valence-electron chi connectivity index (χ3n) is 4.01. The maximum atomic E-state index is 8.63. The SMILES string of the molecule is CC(C)C(C)Cl.CC(C)C(C)O.CCC(C)C.CSC(C)C(C)C. The van der Waals surface area contributed by atoms with Crippen molar-refractivity contribution in [2.75, 3.05) is 6.26 Å². The Hall–Kier alpha value is 0.600. The van der Waals surface area contributed by atoms with E-state index in [1.807, 2.05) is 32.5 Å². The molecule has 0 saturated carbocycles. The number of halogens is 1. The summed E-state index contributed by atoms with van der Waals surface area (Å²) in [6.07, 6.45) is 3.31. The molecule has 0 spiro atoms. The molecule has 0 aliphatic heterocycles. The molecule has 3 unspecified atom stereocenters. The second kappa shape index (κ2) is 21.6. The van der Waals surface area contributed by atoms with Crippen LogP contribution in [0.2, 0.25) is 0 Å². The molecule has 152 valence electrons. The molecule has 0 aromatic rings. The summed E-state index contributed by atoms with van der Waals surface area (Å²) >= 11 is 7.55. The first-order chi connectivity index (χ1) is 10.7. The fourth-order valence-corrected chi connectivity index (χ4v) is 0.816. The van der Waals surface area contributed by atoms with Gasteiger partial charge in [-0.3, -0.25) is 0 Å². The molecule has 1 N–H and O–H groups in total. The average Bonchev–Trinajstić information content (AvgIpc) is 2.47. The Labute approximate surface area is 164 Å². The number of hydrogen-bond donors (Lipinski definition) is 1. The molecule has 0 aromatic heterocycles. The molecule has 0 aromatic carbocycles. The van der Waals surface area contributed by atoms with Crippen molar-refractivity contribution in [3.8, 4) is 0 Å². The van der Waals surface area contributed by atoms with Crippen molar-refractivity contribution in [1.82, 2.24) is 0 Å². The normalized spacial score (nSPS) is 14.1. The summed E-state index contributed by atoms with van der Waals surface area (Å²) in [5.74, 6) is 2.74. The molecule has 0 fully saturated rings. The van der Waals surface area contributed by atoms with E-state index < -0.39 is 0 Å². The van der Waals surface area contributed by atoms with Gasteiger partial charge in [0.15, 0.2) is 0 Å². The van der Waals surface area contributed by atoms with Crippen LogP contribution in [0.1, 0.15) is 89.5 Å². The summed E-state index contributed by atoms with van der Waals surface area (Å²) in [6.45, 7) is 25.4. The van der Waals surface area contributed by atoms with E-state index >= 15 is 0 Å². The van der Waals surface area contributed by atoms with Gasteiger partial charge in [-0.1, -0.05) is 75.7 Å². The molecule has 0 radical (unpaired) electrons. The lowest BCUT2D eigenvalue weighted by Gasteiger charge is -2.10. The molecule has 0 heterocycles. The van der Waals surface area contributed by atoms with Crippen LogP contribution in [0.3, 0.4) is 0 Å². The van der Waals surface area contributed by atoms with Crippen molar-refractivity contribution in [3.63, 3.8) is 0 Å². The molecule has 0 amide bonds. The molecular weight excluding hydrogens is 336 g/mol. The average molecular weight is 385 g/mol. The number of aliphatic hydroxyl groups excluding tert-OH is 1. The zero-order valence-electron chi connectivity index (χ0n) is 19.0. The van der Waals surface area contributed by atoms with E-state index in [0.29, 0.717) is 17.2 Å². The topological polar surface area (TPSA) is 20.2 Å². The van der Waals surface area contributed by atoms with Gasteiger partial charge < -0.3 is 5.11 Å². The van der Waals surface area contributed by atoms with Gasteiger partial charge in [-0.25, -0.2) is 0 Å². The third-order valence-corrected chi connectivity index (χ3v) is 5.80. The number of alkyl halides is 1. The van der Waals surface area contributed by atoms with Gasteiger partial charge >= 0.3 is 0 Å². The minimum absolute atomic E-state index is 0.148. The van der Waals surface area contributed by atoms with E-state index in [1.54, 1.807) is 6.92 Å². The highest BCUT2D eigenvalue weighted by molar-refractivity contribution is 7.99. The minimum atomic E-state index is -0.148. The molecule has 0 aliphatic rings. The van der Waals surface area contributed by atoms with Crippen LogP contribution in [0.5, 0.6) is 0 Å². The number of thioether (sulfide) groups is 1. The van der Waals surface area contributed by atoms with Crippen LogP contribution in [0.15, 0.2) is 0 Å². The van der Waals surface area contributed by atoms with E-state index in [9.17, 15) is 0 Å². The van der Waals surface area contributed by atoms with Crippen molar-refractivity contribution < 1.29 is 5.11 Å². The van der Waals surface area contributed by atoms with Gasteiger partial charge in [0.1, 0.15) is 0 Å². The third kappa shape index (κ3) is 38.3. The lowest BCUT2D eigenvalue weighted by Crippen LogP contribution is -2.07. The Bertz CT molecular complexity index is 190. The summed E-state index contributed by atoms with van der Waals surface area (Å²) in [4.78, 5) is 0. The fourth-order valence-electron chi connectivity index (χ4n) is 0.272. The lowest BCUT2D eigenvalue weighted by atomic mass is 10.1. The summed E-state index contributed by atoms with van der Waals surface area (Å²) in [5, 5.41) is 9.77. The van der Waals surface area contributed by atoms with Crippen molar-refractivity contribution >= 4 is 23.4 Å². The fraction of sp³-hybridized carbons (Fsp3) is 1.00. The smallest absolute Gasteiger partial charge is 0.0535 e. The highest BCUT2D eigenvalue weighted by Gasteiger charge is 2.02. The molecule has 0 rings (SSSR count). The molecular formula is C21H49ClOS. The minimum Gasteiger partial charge on any atom is -0.393 e. The van der Waals surface area contributed by atoms with Crippen LogP contribution < -0.4 is 0 Å². The second-order valence-corrected chi connectivity index (χ2v) is 9.80. The first-order valence-corrected chi connectivity index (χ1v) is 11.3. The predicted molar refractivity (Wildman–Crippen MR) is 120 cm³/mol. The van der Waals surface area contributed by atoms with Gasteiger partial charge in [-0.15, -0.1) is 11.6 Å². The molecule has 0 aliphatic carbocycles. The zero-order chi connectivity index (χ0) is 20.5. The zero-order valence-corrected chi connectivity index (χ0v) is 20.6.